The number of aromatic nitrogens is 4. The van der Waals surface area contributed by atoms with Crippen molar-refractivity contribution in [3.63, 3.8) is 0 Å². The standard InChI is InChI=1S/C48H28N4OSe/c1-3-11-29(12-4-1)33-15-9-16-34(27-33)45-50-46(52-47(51-45)38-19-10-18-37-36-17-7-8-20-41(36)54-44(37)38)35-24-22-30-21-23-31-25-26-40-43(42(31)39(30)28-35)53-48(49-40)32-13-5-2-6-14-32/h1-28H. The molecule has 0 saturated heterocycles. The van der Waals surface area contributed by atoms with Gasteiger partial charge in [0, 0.05) is 5.56 Å². The van der Waals surface area contributed by atoms with E-state index in [2.05, 4.69) is 127 Å². The van der Waals surface area contributed by atoms with Crippen molar-refractivity contribution in [2.45, 2.75) is 0 Å². The molecule has 3 aromatic heterocycles. The van der Waals surface area contributed by atoms with Gasteiger partial charge in [0.25, 0.3) is 0 Å². The van der Waals surface area contributed by atoms with E-state index >= 15 is 0 Å². The minimum atomic E-state index is 0.131. The molecule has 0 aliphatic heterocycles. The summed E-state index contributed by atoms with van der Waals surface area (Å²) in [7, 11) is 0. The predicted molar refractivity (Wildman–Crippen MR) is 222 cm³/mol. The fourth-order valence-corrected chi connectivity index (χ4v) is 10.1. The molecule has 3 heterocycles. The molecule has 54 heavy (non-hydrogen) atoms. The molecule has 0 aliphatic carbocycles. The van der Waals surface area contributed by atoms with Crippen LogP contribution in [-0.4, -0.2) is 34.4 Å². The average Bonchev–Trinajstić information content (AvgIpc) is 3.86. The van der Waals surface area contributed by atoms with Crippen LogP contribution in [0.2, 0.25) is 0 Å². The van der Waals surface area contributed by atoms with Gasteiger partial charge in [-0.3, -0.25) is 0 Å². The number of nitrogens with zero attached hydrogens (tertiary/aromatic N) is 4. The number of hydrogen-bond acceptors (Lipinski definition) is 5. The Hall–Kier alpha value is -6.72. The van der Waals surface area contributed by atoms with Crippen molar-refractivity contribution >= 4 is 66.4 Å². The van der Waals surface area contributed by atoms with E-state index in [1.807, 2.05) is 42.5 Å². The Bertz CT molecular complexity index is 3220. The van der Waals surface area contributed by atoms with Crippen LogP contribution >= 0.6 is 0 Å². The minimum absolute atomic E-state index is 0.131. The van der Waals surface area contributed by atoms with Gasteiger partial charge in [-0.05, 0) is 12.1 Å². The molecule has 0 spiro atoms. The second-order valence-electron chi connectivity index (χ2n) is 13.4. The van der Waals surface area contributed by atoms with Crippen LogP contribution in [0.1, 0.15) is 0 Å². The molecule has 0 atom stereocenters. The van der Waals surface area contributed by atoms with E-state index in [4.69, 9.17) is 24.4 Å². The SMILES string of the molecule is c1ccc(-c2cccc(-c3nc(-c4ccc5ccc6ccc7nc(-c8ccccc8)oc7c6c5c4)nc(-c4cccc5c4[se]c4ccccc45)n3)c2)cc1. The van der Waals surface area contributed by atoms with Crippen LogP contribution in [0.3, 0.4) is 0 Å². The third kappa shape index (κ3) is 5.15. The van der Waals surface area contributed by atoms with Crippen molar-refractivity contribution in [1.82, 2.24) is 19.9 Å². The van der Waals surface area contributed by atoms with E-state index in [0.29, 0.717) is 23.4 Å². The molecule has 0 radical (unpaired) electrons. The molecule has 0 fully saturated rings. The van der Waals surface area contributed by atoms with E-state index in [0.717, 1.165) is 66.0 Å². The first-order valence-electron chi connectivity index (χ1n) is 17.9. The van der Waals surface area contributed by atoms with Gasteiger partial charge in [-0.15, -0.1) is 0 Å². The van der Waals surface area contributed by atoms with Crippen molar-refractivity contribution in [2.75, 3.05) is 0 Å². The molecule has 0 unspecified atom stereocenters. The molecule has 0 aliphatic rings. The van der Waals surface area contributed by atoms with Crippen LogP contribution in [-0.2, 0) is 0 Å². The second kappa shape index (κ2) is 12.5. The van der Waals surface area contributed by atoms with Crippen LogP contribution in [0.4, 0.5) is 0 Å². The van der Waals surface area contributed by atoms with Crippen molar-refractivity contribution < 1.29 is 4.42 Å². The molecule has 0 saturated carbocycles. The van der Waals surface area contributed by atoms with E-state index < -0.39 is 0 Å². The summed E-state index contributed by atoms with van der Waals surface area (Å²) in [5.74, 6) is 2.54. The molecule has 0 N–H and O–H groups in total. The second-order valence-corrected chi connectivity index (χ2v) is 15.6. The van der Waals surface area contributed by atoms with Gasteiger partial charge in [0.1, 0.15) is 0 Å². The third-order valence-electron chi connectivity index (χ3n) is 10.1. The van der Waals surface area contributed by atoms with Gasteiger partial charge in [0.15, 0.2) is 0 Å². The van der Waals surface area contributed by atoms with Crippen molar-refractivity contribution in [3.05, 3.63) is 170 Å². The molecule has 6 heteroatoms. The Morgan fingerprint density at radius 3 is 1.89 bits per heavy atom. The van der Waals surface area contributed by atoms with Gasteiger partial charge in [0.05, 0.1) is 0 Å². The fourth-order valence-electron chi connectivity index (χ4n) is 7.51. The first-order valence-corrected chi connectivity index (χ1v) is 19.6. The number of oxazole rings is 1. The van der Waals surface area contributed by atoms with E-state index in [1.165, 1.54) is 19.3 Å². The summed E-state index contributed by atoms with van der Waals surface area (Å²) in [5.41, 5.74) is 7.68. The van der Waals surface area contributed by atoms with Gasteiger partial charge in [-0.25, -0.2) is 0 Å². The zero-order chi connectivity index (χ0) is 35.6. The summed E-state index contributed by atoms with van der Waals surface area (Å²) < 4.78 is 9.23. The van der Waals surface area contributed by atoms with Crippen LogP contribution in [0, 0.1) is 0 Å². The summed E-state index contributed by atoms with van der Waals surface area (Å²) in [6.07, 6.45) is 0. The van der Waals surface area contributed by atoms with E-state index in [-0.39, 0.29) is 14.5 Å². The van der Waals surface area contributed by atoms with Gasteiger partial charge in [-0.1, -0.05) is 18.2 Å². The molecule has 11 aromatic rings. The van der Waals surface area contributed by atoms with Crippen molar-refractivity contribution in [1.29, 1.82) is 0 Å². The molecule has 0 bridgehead atoms. The first-order chi connectivity index (χ1) is 26.7. The molecular formula is C48H28N4OSe. The van der Waals surface area contributed by atoms with Crippen molar-refractivity contribution in [2.24, 2.45) is 0 Å². The summed E-state index contributed by atoms with van der Waals surface area (Å²) in [6.45, 7) is 0. The first kappa shape index (κ1) is 30.9. The Morgan fingerprint density at radius 1 is 0.407 bits per heavy atom. The predicted octanol–water partition coefficient (Wildman–Crippen LogP) is 12.0. The quantitative estimate of drug-likeness (QED) is 0.129. The Kier molecular flexibility index (Phi) is 7.12. The van der Waals surface area contributed by atoms with Gasteiger partial charge < -0.3 is 0 Å². The van der Waals surface area contributed by atoms with Gasteiger partial charge in [0.2, 0.25) is 0 Å². The van der Waals surface area contributed by atoms with Crippen LogP contribution in [0.25, 0.3) is 109 Å². The van der Waals surface area contributed by atoms with E-state index in [9.17, 15) is 0 Å². The third-order valence-corrected chi connectivity index (χ3v) is 12.7. The van der Waals surface area contributed by atoms with E-state index in [1.54, 1.807) is 0 Å². The average molecular weight is 756 g/mol. The Labute approximate surface area is 316 Å². The number of fused-ring (bicyclic) bond motifs is 8. The topological polar surface area (TPSA) is 64.7 Å². The zero-order valence-corrected chi connectivity index (χ0v) is 30.5. The fraction of sp³-hybridized carbons (Fsp3) is 0. The van der Waals surface area contributed by atoms with Crippen LogP contribution in [0.5, 0.6) is 0 Å². The Morgan fingerprint density at radius 2 is 1.04 bits per heavy atom. The summed E-state index contributed by atoms with van der Waals surface area (Å²) in [5, 5.41) is 6.83. The normalized spacial score (nSPS) is 11.7. The molecule has 11 rings (SSSR count). The molecule has 252 valence electrons. The van der Waals surface area contributed by atoms with Crippen LogP contribution < -0.4 is 0 Å². The zero-order valence-electron chi connectivity index (χ0n) is 28.8. The summed E-state index contributed by atoms with van der Waals surface area (Å²) >= 11 is 0.131. The summed E-state index contributed by atoms with van der Waals surface area (Å²) in [4.78, 5) is 20.6. The van der Waals surface area contributed by atoms with Gasteiger partial charge in [-0.2, -0.15) is 0 Å². The number of rotatable bonds is 5. The molecular weight excluding hydrogens is 728 g/mol. The maximum absolute atomic E-state index is 6.54. The number of benzene rings is 8. The summed E-state index contributed by atoms with van der Waals surface area (Å²) in [6, 6.07) is 59.1. The van der Waals surface area contributed by atoms with Crippen LogP contribution in [0.15, 0.2) is 174 Å². The molecule has 5 nitrogen and oxygen atoms in total. The monoisotopic (exact) mass is 756 g/mol. The molecule has 0 amide bonds. The number of hydrogen-bond donors (Lipinski definition) is 0. The molecule has 8 aromatic carbocycles. The Balaban J connectivity index is 1.14. The van der Waals surface area contributed by atoms with Crippen molar-refractivity contribution in [3.8, 4) is 56.7 Å². The maximum atomic E-state index is 6.54. The van der Waals surface area contributed by atoms with Gasteiger partial charge >= 0.3 is 282 Å².